The highest BCUT2D eigenvalue weighted by atomic mass is 31.2. The zero-order chi connectivity index (χ0) is 67.7. The summed E-state index contributed by atoms with van der Waals surface area (Å²) in [6.45, 7) is 7.24. The molecule has 0 aliphatic rings. The van der Waals surface area contributed by atoms with Crippen molar-refractivity contribution in [1.82, 2.24) is 0 Å². The summed E-state index contributed by atoms with van der Waals surface area (Å²) in [6.07, 6.45) is 53.9. The van der Waals surface area contributed by atoms with Gasteiger partial charge in [-0.25, -0.2) is 9.13 Å². The number of phosphoric ester groups is 2. The van der Waals surface area contributed by atoms with Crippen molar-refractivity contribution in [2.45, 2.75) is 400 Å². The Morgan fingerprint density at radius 2 is 0.500 bits per heavy atom. The smallest absolute Gasteiger partial charge is 0.462 e. The minimum Gasteiger partial charge on any atom is -0.462 e. The van der Waals surface area contributed by atoms with E-state index in [-0.39, 0.29) is 25.7 Å². The average Bonchev–Trinajstić information content (AvgIpc) is 1.96. The number of unbranched alkanes of at least 4 members (excludes halogenated alkanes) is 45. The first kappa shape index (κ1) is 90.1. The number of esters is 4. The van der Waals surface area contributed by atoms with E-state index in [1.807, 2.05) is 0 Å². The summed E-state index contributed by atoms with van der Waals surface area (Å²) in [5.74, 6) is -1.39. The molecule has 0 aliphatic heterocycles. The summed E-state index contributed by atoms with van der Waals surface area (Å²) in [6, 6.07) is 0. The number of ether oxygens (including phenoxy) is 4. The predicted molar refractivity (Wildman–Crippen MR) is 372 cm³/mol. The van der Waals surface area contributed by atoms with Gasteiger partial charge in [-0.1, -0.05) is 330 Å². The zero-order valence-corrected chi connectivity index (χ0v) is 61.5. The number of carbonyl (C=O) groups is 4. The first-order chi connectivity index (χ1) is 44.5. The molecule has 0 rings (SSSR count). The van der Waals surface area contributed by atoms with Gasteiger partial charge in [0.2, 0.25) is 0 Å². The van der Waals surface area contributed by atoms with Crippen LogP contribution in [0.5, 0.6) is 0 Å². The summed E-state index contributed by atoms with van der Waals surface area (Å²) < 4.78 is 68.4. The number of phosphoric acid groups is 2. The maximum Gasteiger partial charge on any atom is 0.472 e. The second-order valence-electron chi connectivity index (χ2n) is 26.8. The van der Waals surface area contributed by atoms with Crippen LogP contribution in [-0.4, -0.2) is 96.7 Å². The molecule has 0 radical (unpaired) electrons. The van der Waals surface area contributed by atoms with Gasteiger partial charge in [0.25, 0.3) is 0 Å². The van der Waals surface area contributed by atoms with E-state index in [1.54, 1.807) is 0 Å². The van der Waals surface area contributed by atoms with Crippen molar-refractivity contribution in [2.24, 2.45) is 5.92 Å². The van der Waals surface area contributed by atoms with Crippen molar-refractivity contribution in [3.8, 4) is 0 Å². The molecule has 2 unspecified atom stereocenters. The molecule has 0 saturated heterocycles. The maximum atomic E-state index is 13.1. The summed E-state index contributed by atoms with van der Waals surface area (Å²) in [4.78, 5) is 72.7. The van der Waals surface area contributed by atoms with Crippen LogP contribution < -0.4 is 0 Å². The van der Waals surface area contributed by atoms with E-state index in [2.05, 4.69) is 34.6 Å². The first-order valence-corrected chi connectivity index (χ1v) is 41.1. The Balaban J connectivity index is 5.25. The van der Waals surface area contributed by atoms with Crippen LogP contribution in [-0.2, 0) is 65.4 Å². The third-order valence-electron chi connectivity index (χ3n) is 17.0. The van der Waals surface area contributed by atoms with E-state index in [1.165, 1.54) is 205 Å². The first-order valence-electron chi connectivity index (χ1n) is 38.1. The van der Waals surface area contributed by atoms with Crippen LogP contribution in [0.4, 0.5) is 0 Å². The van der Waals surface area contributed by atoms with Crippen LogP contribution in [0.2, 0.25) is 0 Å². The van der Waals surface area contributed by atoms with Gasteiger partial charge in [-0.15, -0.1) is 0 Å². The summed E-state index contributed by atoms with van der Waals surface area (Å²) >= 11 is 0. The number of aliphatic hydroxyl groups is 1. The molecule has 0 spiro atoms. The molecule has 0 fully saturated rings. The van der Waals surface area contributed by atoms with E-state index in [0.29, 0.717) is 25.7 Å². The Bertz CT molecular complexity index is 1770. The van der Waals surface area contributed by atoms with Crippen LogP contribution in [0.1, 0.15) is 381 Å². The second kappa shape index (κ2) is 66.3. The van der Waals surface area contributed by atoms with Gasteiger partial charge >= 0.3 is 39.5 Å². The molecular formula is C73H142O17P2. The van der Waals surface area contributed by atoms with Gasteiger partial charge in [-0.3, -0.25) is 37.3 Å². The number of aliphatic hydroxyl groups excluding tert-OH is 1. The fourth-order valence-corrected chi connectivity index (χ4v) is 12.8. The molecule has 19 heteroatoms. The standard InChI is InChI=1S/C73H142O17P2/c1-6-9-12-15-18-21-24-27-29-31-34-37-44-49-54-59-73(78)89-68(62-83-70(75)56-51-46-41-35-33-30-28-25-22-19-16-13-10-7-2)64-87-91(79,80)85-60-67(74)61-86-92(81,82)88-65-69(63-84-71(76)57-52-47-42-39-38-40-45-50-55-66(4)5)90-72(77)58-53-48-43-36-32-26-23-20-17-14-11-8-3/h66-69,74H,6-65H2,1-5H3,(H,79,80)(H,81,82)/t67-,68-,69-/m1/s1. The monoisotopic (exact) mass is 1350 g/mol. The molecule has 0 heterocycles. The molecule has 0 aromatic carbocycles. The fourth-order valence-electron chi connectivity index (χ4n) is 11.2. The number of hydrogen-bond acceptors (Lipinski definition) is 15. The molecule has 0 aliphatic carbocycles. The van der Waals surface area contributed by atoms with Crippen molar-refractivity contribution in [1.29, 1.82) is 0 Å². The van der Waals surface area contributed by atoms with Crippen LogP contribution in [0.25, 0.3) is 0 Å². The Kier molecular flexibility index (Phi) is 64.9. The molecule has 17 nitrogen and oxygen atoms in total. The van der Waals surface area contributed by atoms with Crippen molar-refractivity contribution in [3.05, 3.63) is 0 Å². The van der Waals surface area contributed by atoms with E-state index >= 15 is 0 Å². The summed E-state index contributed by atoms with van der Waals surface area (Å²) in [5, 5.41) is 10.6. The van der Waals surface area contributed by atoms with Crippen LogP contribution in [0, 0.1) is 5.92 Å². The van der Waals surface area contributed by atoms with Crippen LogP contribution >= 0.6 is 15.6 Å². The number of rotatable bonds is 73. The summed E-state index contributed by atoms with van der Waals surface area (Å²) in [5.41, 5.74) is 0. The lowest BCUT2D eigenvalue weighted by Crippen LogP contribution is -2.30. The van der Waals surface area contributed by atoms with Gasteiger partial charge in [-0.2, -0.15) is 0 Å². The third kappa shape index (κ3) is 66.7. The molecule has 0 amide bonds. The average molecular weight is 1350 g/mol. The van der Waals surface area contributed by atoms with Crippen LogP contribution in [0.15, 0.2) is 0 Å². The fraction of sp³-hybridized carbons (Fsp3) is 0.945. The highest BCUT2D eigenvalue weighted by Crippen LogP contribution is 2.45. The lowest BCUT2D eigenvalue weighted by molar-refractivity contribution is -0.161. The number of carbonyl (C=O) groups excluding carboxylic acids is 4. The molecule has 0 bridgehead atoms. The Morgan fingerprint density at radius 3 is 0.739 bits per heavy atom. The highest BCUT2D eigenvalue weighted by Gasteiger charge is 2.30. The van der Waals surface area contributed by atoms with Gasteiger partial charge in [0.15, 0.2) is 12.2 Å². The van der Waals surface area contributed by atoms with E-state index < -0.39 is 97.5 Å². The minimum absolute atomic E-state index is 0.107. The Hall–Kier alpha value is -1.94. The zero-order valence-electron chi connectivity index (χ0n) is 59.7. The lowest BCUT2D eigenvalue weighted by atomic mass is 10.0. The molecular weight excluding hydrogens is 1210 g/mol. The Labute approximate surface area is 562 Å². The van der Waals surface area contributed by atoms with Crippen LogP contribution in [0.3, 0.4) is 0 Å². The quantitative estimate of drug-likeness (QED) is 0.0222. The largest absolute Gasteiger partial charge is 0.472 e. The molecule has 0 aromatic rings. The lowest BCUT2D eigenvalue weighted by Gasteiger charge is -2.21. The van der Waals surface area contributed by atoms with E-state index in [0.717, 1.165) is 95.8 Å². The minimum atomic E-state index is -4.95. The second-order valence-corrected chi connectivity index (χ2v) is 29.7. The topological polar surface area (TPSA) is 237 Å². The van der Waals surface area contributed by atoms with Gasteiger partial charge in [-0.05, 0) is 31.6 Å². The van der Waals surface area contributed by atoms with E-state index in [9.17, 15) is 43.2 Å². The Morgan fingerprint density at radius 1 is 0.293 bits per heavy atom. The van der Waals surface area contributed by atoms with Gasteiger partial charge in [0.1, 0.15) is 19.3 Å². The summed E-state index contributed by atoms with van der Waals surface area (Å²) in [7, 11) is -9.90. The molecule has 92 heavy (non-hydrogen) atoms. The van der Waals surface area contributed by atoms with Crippen molar-refractivity contribution >= 4 is 39.5 Å². The highest BCUT2D eigenvalue weighted by molar-refractivity contribution is 7.47. The van der Waals surface area contributed by atoms with Crippen molar-refractivity contribution in [2.75, 3.05) is 39.6 Å². The molecule has 546 valence electrons. The molecule has 0 aromatic heterocycles. The van der Waals surface area contributed by atoms with Gasteiger partial charge in [0.05, 0.1) is 26.4 Å². The normalized spacial score (nSPS) is 14.0. The van der Waals surface area contributed by atoms with Crippen molar-refractivity contribution in [3.63, 3.8) is 0 Å². The maximum absolute atomic E-state index is 13.1. The van der Waals surface area contributed by atoms with Crippen molar-refractivity contribution < 1.29 is 80.2 Å². The SMILES string of the molecule is CCCCCCCCCCCCCCCCCC(=O)O[C@H](COC(=O)CCCCCCCCCCCCCCCC)COP(=O)(O)OC[C@@H](O)COP(=O)(O)OC[C@@H](COC(=O)CCCCCCCCCCC(C)C)OC(=O)CCCCCCCCCCCCCC. The third-order valence-corrected chi connectivity index (χ3v) is 18.9. The van der Waals surface area contributed by atoms with Gasteiger partial charge < -0.3 is 33.8 Å². The molecule has 0 saturated carbocycles. The number of hydrogen-bond donors (Lipinski definition) is 3. The predicted octanol–water partition coefficient (Wildman–Crippen LogP) is 21.3. The van der Waals surface area contributed by atoms with Gasteiger partial charge in [0, 0.05) is 25.7 Å². The molecule has 5 atom stereocenters. The van der Waals surface area contributed by atoms with E-state index in [4.69, 9.17) is 37.0 Å². The molecule has 3 N–H and O–H groups in total.